The van der Waals surface area contributed by atoms with Gasteiger partial charge < -0.3 is 31.5 Å². The number of methoxy groups -OCH3 is 2. The summed E-state index contributed by atoms with van der Waals surface area (Å²) in [4.78, 5) is 11.2. The van der Waals surface area contributed by atoms with Gasteiger partial charge in [0.15, 0.2) is 23.0 Å². The van der Waals surface area contributed by atoms with Crippen molar-refractivity contribution in [2.75, 3.05) is 33.0 Å². The summed E-state index contributed by atoms with van der Waals surface area (Å²) in [5.74, 6) is -0.530. The van der Waals surface area contributed by atoms with Gasteiger partial charge in [-0.3, -0.25) is 4.79 Å². The van der Waals surface area contributed by atoms with Crippen molar-refractivity contribution in [3.63, 3.8) is 0 Å². The molecule has 0 saturated heterocycles. The summed E-state index contributed by atoms with van der Waals surface area (Å²) in [7, 11) is -9.43. The number of hydrogen-bond donors (Lipinski definition) is 0. The van der Waals surface area contributed by atoms with Crippen molar-refractivity contribution < 1.29 is 61.5 Å². The van der Waals surface area contributed by atoms with Gasteiger partial charge in [-0.1, -0.05) is 30.3 Å². The minimum atomic E-state index is -4.19. The molecule has 0 aliphatic heterocycles. The Morgan fingerprint density at radius 3 is 1.69 bits per heavy atom. The Morgan fingerprint density at radius 2 is 1.16 bits per heavy atom. The number of esters is 1. The van der Waals surface area contributed by atoms with Crippen molar-refractivity contribution in [3.05, 3.63) is 78.4 Å². The molecule has 49 heavy (non-hydrogen) atoms. The molecule has 0 unspecified atom stereocenters. The molecule has 4 rings (SSSR count). The van der Waals surface area contributed by atoms with Crippen LogP contribution >= 0.6 is 0 Å². The van der Waals surface area contributed by atoms with Gasteiger partial charge in [-0.15, -0.1) is 0 Å². The van der Waals surface area contributed by atoms with E-state index in [1.165, 1.54) is 69.7 Å². The van der Waals surface area contributed by atoms with Gasteiger partial charge in [-0.2, -0.15) is 25.3 Å². The molecule has 0 aliphatic carbocycles. The molecule has 0 aliphatic rings. The molecular weight excluding hydrogens is 705 g/mol. The predicted molar refractivity (Wildman–Crippen MR) is 179 cm³/mol. The predicted octanol–water partition coefficient (Wildman–Crippen LogP) is 4.56. The molecular formula is C32H32O14S3. The zero-order valence-corrected chi connectivity index (χ0v) is 29.5. The van der Waals surface area contributed by atoms with E-state index < -0.39 is 36.3 Å². The van der Waals surface area contributed by atoms with Gasteiger partial charge in [0, 0.05) is 12.5 Å². The monoisotopic (exact) mass is 736 g/mol. The van der Waals surface area contributed by atoms with Crippen LogP contribution in [0.1, 0.15) is 12.5 Å². The number of ether oxygens (including phenoxy) is 4. The van der Waals surface area contributed by atoms with E-state index in [-0.39, 0.29) is 52.2 Å². The van der Waals surface area contributed by atoms with Crippen LogP contribution in [0.4, 0.5) is 0 Å². The summed E-state index contributed by atoms with van der Waals surface area (Å²) >= 11 is 0. The highest BCUT2D eigenvalue weighted by molar-refractivity contribution is 7.86. The van der Waals surface area contributed by atoms with E-state index >= 15 is 0 Å². The lowest BCUT2D eigenvalue weighted by atomic mass is 9.96. The summed E-state index contributed by atoms with van der Waals surface area (Å²) in [5, 5.41) is 0. The van der Waals surface area contributed by atoms with Crippen LogP contribution < -0.4 is 31.5 Å². The second-order valence-electron chi connectivity index (χ2n) is 10.4. The van der Waals surface area contributed by atoms with E-state index in [0.29, 0.717) is 22.4 Å². The third-order valence-corrected chi connectivity index (χ3v) is 7.77. The molecule has 0 radical (unpaired) electrons. The van der Waals surface area contributed by atoms with Gasteiger partial charge in [-0.25, -0.2) is 0 Å². The molecule has 0 saturated carbocycles. The quantitative estimate of drug-likeness (QED) is 0.0997. The second-order valence-corrected chi connectivity index (χ2v) is 15.2. The van der Waals surface area contributed by atoms with Crippen LogP contribution in [-0.4, -0.2) is 64.2 Å². The smallest absolute Gasteiger partial charge is 0.308 e. The fourth-order valence-corrected chi connectivity index (χ4v) is 5.93. The average molecular weight is 737 g/mol. The van der Waals surface area contributed by atoms with Crippen LogP contribution in [0, 0.1) is 0 Å². The van der Waals surface area contributed by atoms with Gasteiger partial charge in [0.05, 0.1) is 38.6 Å². The SMILES string of the molecule is COc1cc(-c2ccc(OS(C)(=O)=O)cc2)c(OC)c(OS(C)(=O)=O)c1-c1ccc(OCc2ccc(OC(C)=O)cc2)c(OS(C)(=O)=O)c1. The summed E-state index contributed by atoms with van der Waals surface area (Å²) < 4.78 is 111. The molecule has 0 aromatic heterocycles. The molecule has 0 atom stereocenters. The summed E-state index contributed by atoms with van der Waals surface area (Å²) in [6.45, 7) is 1.25. The lowest BCUT2D eigenvalue weighted by Crippen LogP contribution is -2.10. The number of hydrogen-bond acceptors (Lipinski definition) is 14. The minimum Gasteiger partial charge on any atom is -0.496 e. The maximum atomic E-state index is 12.5. The summed E-state index contributed by atoms with van der Waals surface area (Å²) in [5.41, 5.74) is 1.68. The van der Waals surface area contributed by atoms with E-state index in [2.05, 4.69) is 0 Å². The summed E-state index contributed by atoms with van der Waals surface area (Å²) in [6.07, 6.45) is 2.58. The second kappa shape index (κ2) is 14.6. The van der Waals surface area contributed by atoms with Crippen LogP contribution in [-0.2, 0) is 41.8 Å². The molecule has 0 N–H and O–H groups in total. The van der Waals surface area contributed by atoms with Crippen LogP contribution in [0.2, 0.25) is 0 Å². The molecule has 17 heteroatoms. The van der Waals surface area contributed by atoms with Gasteiger partial charge >= 0.3 is 36.3 Å². The maximum Gasteiger partial charge on any atom is 0.308 e. The van der Waals surface area contributed by atoms with Crippen LogP contribution in [0.25, 0.3) is 22.3 Å². The van der Waals surface area contributed by atoms with Crippen LogP contribution in [0.15, 0.2) is 72.8 Å². The Bertz CT molecular complexity index is 2180. The standard InChI is InChI=1S/C32H32O14S3/c1-20(33)43-24-12-7-21(8-13-24)19-42-27-16-11-23(17-28(27)45-48(5,36)37)30-29(40-2)18-26(31(41-3)32(30)46-49(6,38)39)22-9-14-25(15-10-22)44-47(4,34)35/h7-18H,19H2,1-6H3. The average Bonchev–Trinajstić information content (AvgIpc) is 2.98. The third-order valence-electron chi connectivity index (χ3n) is 6.32. The number of benzene rings is 4. The Morgan fingerprint density at radius 1 is 0.592 bits per heavy atom. The lowest BCUT2D eigenvalue weighted by molar-refractivity contribution is -0.131. The van der Waals surface area contributed by atoms with Crippen molar-refractivity contribution in [2.45, 2.75) is 13.5 Å². The Kier molecular flexibility index (Phi) is 11.0. The van der Waals surface area contributed by atoms with Gasteiger partial charge in [0.25, 0.3) is 0 Å². The first-order chi connectivity index (χ1) is 22.9. The normalized spacial score (nSPS) is 11.7. The van der Waals surface area contributed by atoms with Crippen LogP contribution in [0.5, 0.6) is 40.2 Å². The molecule has 0 bridgehead atoms. The Hall–Kier alpha value is -5.00. The van der Waals surface area contributed by atoms with Gasteiger partial charge in [0.2, 0.25) is 0 Å². The van der Waals surface area contributed by atoms with Crippen molar-refractivity contribution in [3.8, 4) is 62.5 Å². The first kappa shape index (κ1) is 36.8. The highest BCUT2D eigenvalue weighted by atomic mass is 32.2. The van der Waals surface area contributed by atoms with E-state index in [1.54, 1.807) is 24.3 Å². The van der Waals surface area contributed by atoms with Gasteiger partial charge in [-0.05, 0) is 59.2 Å². The molecule has 262 valence electrons. The number of rotatable bonds is 14. The Labute approximate surface area is 284 Å². The zero-order valence-electron chi connectivity index (χ0n) is 27.1. The van der Waals surface area contributed by atoms with Gasteiger partial charge in [0.1, 0.15) is 23.9 Å². The zero-order chi connectivity index (χ0) is 36.1. The van der Waals surface area contributed by atoms with E-state index in [4.69, 9.17) is 31.5 Å². The molecule has 0 spiro atoms. The molecule has 4 aromatic carbocycles. The maximum absolute atomic E-state index is 12.5. The van der Waals surface area contributed by atoms with E-state index in [0.717, 1.165) is 18.8 Å². The van der Waals surface area contributed by atoms with Crippen molar-refractivity contribution >= 4 is 36.3 Å². The van der Waals surface area contributed by atoms with Crippen molar-refractivity contribution in [2.24, 2.45) is 0 Å². The summed E-state index contributed by atoms with van der Waals surface area (Å²) in [6, 6.07) is 18.1. The number of carbonyl (C=O) groups is 1. The van der Waals surface area contributed by atoms with E-state index in [1.807, 2.05) is 0 Å². The first-order valence-electron chi connectivity index (χ1n) is 14.0. The fraction of sp³-hybridized carbons (Fsp3) is 0.219. The highest BCUT2D eigenvalue weighted by Crippen LogP contribution is 2.52. The molecule has 4 aromatic rings. The lowest BCUT2D eigenvalue weighted by Gasteiger charge is -2.21. The molecule has 0 heterocycles. The third kappa shape index (κ3) is 10.2. The largest absolute Gasteiger partial charge is 0.496 e. The van der Waals surface area contributed by atoms with Crippen molar-refractivity contribution in [1.29, 1.82) is 0 Å². The highest BCUT2D eigenvalue weighted by Gasteiger charge is 2.27. The van der Waals surface area contributed by atoms with Crippen molar-refractivity contribution in [1.82, 2.24) is 0 Å². The molecule has 0 fully saturated rings. The topological polar surface area (TPSA) is 184 Å². The van der Waals surface area contributed by atoms with E-state index in [9.17, 15) is 30.0 Å². The molecule has 0 amide bonds. The number of carbonyl (C=O) groups excluding carboxylic acids is 1. The fourth-order valence-electron chi connectivity index (χ4n) is 4.56. The molecule has 14 nitrogen and oxygen atoms in total. The van der Waals surface area contributed by atoms with Crippen LogP contribution in [0.3, 0.4) is 0 Å². The Balaban J connectivity index is 1.84. The minimum absolute atomic E-state index is 0.0257. The first-order valence-corrected chi connectivity index (χ1v) is 19.4.